The van der Waals surface area contributed by atoms with Crippen molar-refractivity contribution in [2.75, 3.05) is 6.61 Å². The molecule has 0 aliphatic carbocycles. The zero-order valence-electron chi connectivity index (χ0n) is 10.7. The number of carboxylic acids is 1. The second-order valence-electron chi connectivity index (χ2n) is 3.80. The van der Waals surface area contributed by atoms with E-state index in [1.165, 1.54) is 12.1 Å². The van der Waals surface area contributed by atoms with Crippen LogP contribution in [0.3, 0.4) is 0 Å². The number of aromatic nitrogens is 1. The van der Waals surface area contributed by atoms with Crippen LogP contribution in [0.5, 0.6) is 17.4 Å². The average Bonchev–Trinajstić information content (AvgIpc) is 2.39. The van der Waals surface area contributed by atoms with Gasteiger partial charge >= 0.3 is 5.97 Å². The van der Waals surface area contributed by atoms with Crippen LogP contribution in [0, 0.1) is 0 Å². The van der Waals surface area contributed by atoms with Gasteiger partial charge in [-0.3, -0.25) is 0 Å². The van der Waals surface area contributed by atoms with E-state index in [1.54, 1.807) is 24.3 Å². The lowest BCUT2D eigenvalue weighted by molar-refractivity contribution is 0.0693. The highest BCUT2D eigenvalue weighted by molar-refractivity contribution is 6.29. The summed E-state index contributed by atoms with van der Waals surface area (Å²) in [7, 11) is 0. The summed E-state index contributed by atoms with van der Waals surface area (Å²) in [6, 6.07) is 9.59. The van der Waals surface area contributed by atoms with Gasteiger partial charge in [0.25, 0.3) is 0 Å². The molecule has 0 aliphatic rings. The third-order valence-corrected chi connectivity index (χ3v) is 2.60. The van der Waals surface area contributed by atoms with E-state index in [-0.39, 0.29) is 16.6 Å². The van der Waals surface area contributed by atoms with Crippen molar-refractivity contribution in [3.05, 3.63) is 47.1 Å². The smallest absolute Gasteiger partial charge is 0.341 e. The lowest BCUT2D eigenvalue weighted by Gasteiger charge is -2.09. The Morgan fingerprint density at radius 1 is 1.30 bits per heavy atom. The monoisotopic (exact) mass is 293 g/mol. The predicted molar refractivity (Wildman–Crippen MR) is 73.9 cm³/mol. The van der Waals surface area contributed by atoms with Crippen LogP contribution in [0.1, 0.15) is 17.3 Å². The molecule has 0 fully saturated rings. The van der Waals surface area contributed by atoms with E-state index >= 15 is 0 Å². The third kappa shape index (κ3) is 3.39. The summed E-state index contributed by atoms with van der Waals surface area (Å²) < 4.78 is 10.8. The molecular weight excluding hydrogens is 282 g/mol. The molecule has 1 heterocycles. The Balaban J connectivity index is 2.31. The van der Waals surface area contributed by atoms with Crippen LogP contribution >= 0.6 is 11.6 Å². The van der Waals surface area contributed by atoms with Crippen LogP contribution in [-0.2, 0) is 0 Å². The Morgan fingerprint density at radius 2 is 2.05 bits per heavy atom. The fraction of sp³-hybridized carbons (Fsp3) is 0.143. The lowest BCUT2D eigenvalue weighted by Crippen LogP contribution is -2.02. The van der Waals surface area contributed by atoms with Crippen molar-refractivity contribution in [2.24, 2.45) is 0 Å². The number of carbonyl (C=O) groups is 1. The number of halogens is 1. The van der Waals surface area contributed by atoms with Crippen LogP contribution in [0.15, 0.2) is 36.4 Å². The summed E-state index contributed by atoms with van der Waals surface area (Å²) >= 11 is 5.76. The summed E-state index contributed by atoms with van der Waals surface area (Å²) in [4.78, 5) is 15.0. The van der Waals surface area contributed by atoms with Crippen molar-refractivity contribution in [3.63, 3.8) is 0 Å². The Bertz CT molecular complexity index is 630. The first-order valence-corrected chi connectivity index (χ1v) is 6.28. The number of carboxylic acid groups (broad SMARTS) is 1. The Hall–Kier alpha value is -2.27. The van der Waals surface area contributed by atoms with E-state index in [0.29, 0.717) is 18.1 Å². The predicted octanol–water partition coefficient (Wildman–Crippen LogP) is 3.62. The second-order valence-corrected chi connectivity index (χ2v) is 4.19. The van der Waals surface area contributed by atoms with Gasteiger partial charge in [-0.25, -0.2) is 9.78 Å². The fourth-order valence-electron chi connectivity index (χ4n) is 1.56. The molecule has 1 aromatic carbocycles. The molecule has 0 spiro atoms. The Kier molecular flexibility index (Phi) is 4.42. The second kappa shape index (κ2) is 6.25. The van der Waals surface area contributed by atoms with Crippen molar-refractivity contribution >= 4 is 17.6 Å². The summed E-state index contributed by atoms with van der Waals surface area (Å²) in [5.41, 5.74) is -0.0591. The molecule has 0 saturated heterocycles. The molecule has 2 rings (SSSR count). The van der Waals surface area contributed by atoms with Gasteiger partial charge in [-0.15, -0.1) is 0 Å². The summed E-state index contributed by atoms with van der Waals surface area (Å²) in [6.07, 6.45) is 0. The molecule has 5 nitrogen and oxygen atoms in total. The molecule has 6 heteroatoms. The van der Waals surface area contributed by atoms with Gasteiger partial charge in [-0.1, -0.05) is 17.7 Å². The first kappa shape index (κ1) is 14.1. The van der Waals surface area contributed by atoms with Crippen LogP contribution in [0.4, 0.5) is 0 Å². The summed E-state index contributed by atoms with van der Waals surface area (Å²) in [6.45, 7) is 2.40. The minimum absolute atomic E-state index is 0.0568. The van der Waals surface area contributed by atoms with E-state index in [9.17, 15) is 4.79 Å². The third-order valence-electron chi connectivity index (χ3n) is 2.39. The number of ether oxygens (including phenoxy) is 2. The van der Waals surface area contributed by atoms with Crippen LogP contribution in [0.25, 0.3) is 0 Å². The quantitative estimate of drug-likeness (QED) is 0.853. The standard InChI is InChI=1S/C14H12ClNO4/c1-2-19-9-4-3-5-10(8-9)20-13-11(14(17)18)6-7-12(15)16-13/h3-8H,2H2,1H3,(H,17,18). The topological polar surface area (TPSA) is 68.7 Å². The van der Waals surface area contributed by atoms with Crippen molar-refractivity contribution in [1.29, 1.82) is 0 Å². The molecule has 0 radical (unpaired) electrons. The molecular formula is C14H12ClNO4. The molecule has 0 atom stereocenters. The highest BCUT2D eigenvalue weighted by Crippen LogP contribution is 2.27. The zero-order chi connectivity index (χ0) is 14.5. The number of benzene rings is 1. The van der Waals surface area contributed by atoms with Crippen LogP contribution in [0.2, 0.25) is 5.15 Å². The Labute approximate surface area is 120 Å². The minimum Gasteiger partial charge on any atom is -0.494 e. The van der Waals surface area contributed by atoms with E-state index in [2.05, 4.69) is 4.98 Å². The zero-order valence-corrected chi connectivity index (χ0v) is 11.4. The molecule has 0 unspecified atom stereocenters. The average molecular weight is 294 g/mol. The van der Waals surface area contributed by atoms with Crippen molar-refractivity contribution in [2.45, 2.75) is 6.92 Å². The first-order chi connectivity index (χ1) is 9.60. The van der Waals surface area contributed by atoms with Gasteiger partial charge in [0.15, 0.2) is 0 Å². The van der Waals surface area contributed by atoms with Gasteiger partial charge < -0.3 is 14.6 Å². The first-order valence-electron chi connectivity index (χ1n) is 5.90. The van der Waals surface area contributed by atoms with Gasteiger partial charge in [-0.05, 0) is 31.2 Å². The Morgan fingerprint density at radius 3 is 2.75 bits per heavy atom. The van der Waals surface area contributed by atoms with Gasteiger partial charge in [0.2, 0.25) is 5.88 Å². The fourth-order valence-corrected chi connectivity index (χ4v) is 1.70. The summed E-state index contributed by atoms with van der Waals surface area (Å²) in [5, 5.41) is 9.24. The number of pyridine rings is 1. The number of hydrogen-bond acceptors (Lipinski definition) is 4. The van der Waals surface area contributed by atoms with E-state index in [1.807, 2.05) is 6.92 Å². The van der Waals surface area contributed by atoms with Gasteiger partial charge in [0, 0.05) is 6.07 Å². The summed E-state index contributed by atoms with van der Waals surface area (Å²) in [5.74, 6) is -0.138. The lowest BCUT2D eigenvalue weighted by atomic mass is 10.2. The van der Waals surface area contributed by atoms with Gasteiger partial charge in [0.05, 0.1) is 6.61 Å². The molecule has 0 aliphatic heterocycles. The minimum atomic E-state index is -1.13. The van der Waals surface area contributed by atoms with Gasteiger partial charge in [0.1, 0.15) is 22.2 Å². The molecule has 20 heavy (non-hydrogen) atoms. The van der Waals surface area contributed by atoms with Crippen molar-refractivity contribution in [1.82, 2.24) is 4.98 Å². The molecule has 0 saturated carbocycles. The SMILES string of the molecule is CCOc1cccc(Oc2nc(Cl)ccc2C(=O)O)c1. The number of nitrogens with zero attached hydrogens (tertiary/aromatic N) is 1. The van der Waals surface area contributed by atoms with E-state index in [4.69, 9.17) is 26.2 Å². The maximum atomic E-state index is 11.1. The van der Waals surface area contributed by atoms with Crippen LogP contribution in [-0.4, -0.2) is 22.7 Å². The highest BCUT2D eigenvalue weighted by Gasteiger charge is 2.14. The van der Waals surface area contributed by atoms with Crippen LogP contribution < -0.4 is 9.47 Å². The normalized spacial score (nSPS) is 10.1. The number of aromatic carboxylic acids is 1. The number of rotatable bonds is 5. The molecule has 104 valence electrons. The molecule has 2 aromatic rings. The molecule has 1 aromatic heterocycles. The molecule has 0 amide bonds. The molecule has 0 bridgehead atoms. The largest absolute Gasteiger partial charge is 0.494 e. The van der Waals surface area contributed by atoms with E-state index < -0.39 is 5.97 Å². The van der Waals surface area contributed by atoms with Crippen molar-refractivity contribution in [3.8, 4) is 17.4 Å². The maximum Gasteiger partial charge on any atom is 0.341 e. The molecule has 1 N–H and O–H groups in total. The van der Waals surface area contributed by atoms with E-state index in [0.717, 1.165) is 0 Å². The number of hydrogen-bond donors (Lipinski definition) is 1. The van der Waals surface area contributed by atoms with Crippen molar-refractivity contribution < 1.29 is 19.4 Å². The highest BCUT2D eigenvalue weighted by atomic mass is 35.5. The maximum absolute atomic E-state index is 11.1. The van der Waals surface area contributed by atoms with Gasteiger partial charge in [-0.2, -0.15) is 0 Å².